The summed E-state index contributed by atoms with van der Waals surface area (Å²) in [4.78, 5) is 13.6. The number of halogens is 2. The molecule has 1 saturated heterocycles. The van der Waals surface area contributed by atoms with E-state index in [1.165, 1.54) is 6.07 Å². The normalized spacial score (nSPS) is 21.4. The van der Waals surface area contributed by atoms with Gasteiger partial charge >= 0.3 is 6.61 Å². The highest BCUT2D eigenvalue weighted by Crippen LogP contribution is 2.50. The van der Waals surface area contributed by atoms with E-state index in [1.807, 2.05) is 40.2 Å². The van der Waals surface area contributed by atoms with Crippen LogP contribution in [0.15, 0.2) is 53.6 Å². The maximum atomic E-state index is 12.7. The lowest BCUT2D eigenvalue weighted by Crippen LogP contribution is -2.59. The van der Waals surface area contributed by atoms with Crippen molar-refractivity contribution in [1.29, 1.82) is 0 Å². The van der Waals surface area contributed by atoms with Crippen molar-refractivity contribution in [3.63, 3.8) is 0 Å². The number of carbonyl (C=O) groups excluding carboxylic acids is 1. The summed E-state index contributed by atoms with van der Waals surface area (Å²) in [5, 5.41) is 6.96. The second-order valence-electron chi connectivity index (χ2n) is 8.11. The molecule has 3 heterocycles. The summed E-state index contributed by atoms with van der Waals surface area (Å²) in [5.74, 6) is 1.01. The molecule has 5 rings (SSSR count). The highest BCUT2D eigenvalue weighted by Gasteiger charge is 2.52. The number of benzene rings is 2. The summed E-state index contributed by atoms with van der Waals surface area (Å²) in [6.07, 6.45) is 1.92. The van der Waals surface area contributed by atoms with Crippen LogP contribution in [0.2, 0.25) is 0 Å². The van der Waals surface area contributed by atoms with E-state index in [9.17, 15) is 13.6 Å². The number of alkyl halides is 2. The third-order valence-electron chi connectivity index (χ3n) is 6.29. The predicted molar refractivity (Wildman–Crippen MR) is 110 cm³/mol. The SMILES string of the molecule is CC(=O)N1CCC2(CC1)Oc1ccccc1[C@H]1CC(c3cccc(OC(F)F)c3)=NN12. The summed E-state index contributed by atoms with van der Waals surface area (Å²) in [6.45, 7) is -0.0903. The summed E-state index contributed by atoms with van der Waals surface area (Å²) >= 11 is 0. The molecule has 8 heteroatoms. The average molecular weight is 427 g/mol. The third-order valence-corrected chi connectivity index (χ3v) is 6.29. The fourth-order valence-electron chi connectivity index (χ4n) is 4.76. The second-order valence-corrected chi connectivity index (χ2v) is 8.11. The van der Waals surface area contributed by atoms with Crippen LogP contribution in [0, 0.1) is 0 Å². The highest BCUT2D eigenvalue weighted by molar-refractivity contribution is 6.02. The maximum absolute atomic E-state index is 12.7. The van der Waals surface area contributed by atoms with Crippen LogP contribution in [0.3, 0.4) is 0 Å². The van der Waals surface area contributed by atoms with E-state index in [0.717, 1.165) is 22.6 Å². The molecule has 2 aromatic rings. The van der Waals surface area contributed by atoms with Gasteiger partial charge in [0.05, 0.1) is 11.8 Å². The van der Waals surface area contributed by atoms with Crippen molar-refractivity contribution < 1.29 is 23.0 Å². The van der Waals surface area contributed by atoms with Gasteiger partial charge in [0.1, 0.15) is 11.5 Å². The standard InChI is InChI=1S/C23H23F2N3O3/c1-15(29)27-11-9-23(10-12-27)28-20(18-7-2-3-8-21(18)31-23)14-19(26-28)16-5-4-6-17(13-16)30-22(24)25/h2-8,13,20,22H,9-12,14H2,1H3/t20-/m1/s1. The molecule has 3 aliphatic rings. The van der Waals surface area contributed by atoms with Crippen LogP contribution in [-0.4, -0.2) is 47.0 Å². The van der Waals surface area contributed by atoms with E-state index >= 15 is 0 Å². The molecule has 0 aromatic heterocycles. The molecule has 1 amide bonds. The lowest BCUT2D eigenvalue weighted by Gasteiger charge is -2.51. The number of hydrogen-bond donors (Lipinski definition) is 0. The Bertz CT molecular complexity index is 1030. The Morgan fingerprint density at radius 1 is 1.19 bits per heavy atom. The molecule has 0 N–H and O–H groups in total. The fourth-order valence-corrected chi connectivity index (χ4v) is 4.76. The first-order valence-corrected chi connectivity index (χ1v) is 10.4. The minimum atomic E-state index is -2.87. The molecule has 2 aromatic carbocycles. The average Bonchev–Trinajstić information content (AvgIpc) is 3.21. The minimum absolute atomic E-state index is 0.0106. The molecule has 0 aliphatic carbocycles. The summed E-state index contributed by atoms with van der Waals surface area (Å²) < 4.78 is 36.4. The Morgan fingerprint density at radius 3 is 2.71 bits per heavy atom. The van der Waals surface area contributed by atoms with Crippen LogP contribution >= 0.6 is 0 Å². The van der Waals surface area contributed by atoms with E-state index in [-0.39, 0.29) is 17.7 Å². The molecule has 1 atom stereocenters. The van der Waals surface area contributed by atoms with Crippen molar-refractivity contribution in [3.8, 4) is 11.5 Å². The van der Waals surface area contributed by atoms with Gasteiger partial charge in [0.25, 0.3) is 0 Å². The Morgan fingerprint density at radius 2 is 1.97 bits per heavy atom. The molecule has 3 aliphatic heterocycles. The summed E-state index contributed by atoms with van der Waals surface area (Å²) in [5.41, 5.74) is 1.98. The molecule has 0 bridgehead atoms. The number of nitrogens with zero attached hydrogens (tertiary/aromatic N) is 3. The quantitative estimate of drug-likeness (QED) is 0.738. The molecule has 1 fully saturated rings. The maximum Gasteiger partial charge on any atom is 0.387 e. The number of rotatable bonds is 3. The molecule has 1 spiro atoms. The Hall–Kier alpha value is -3.16. The number of para-hydroxylation sites is 1. The number of hydrogen-bond acceptors (Lipinski definition) is 5. The van der Waals surface area contributed by atoms with E-state index in [2.05, 4.69) is 4.74 Å². The first-order valence-electron chi connectivity index (χ1n) is 10.4. The van der Waals surface area contributed by atoms with Crippen LogP contribution in [0.25, 0.3) is 0 Å². The van der Waals surface area contributed by atoms with Gasteiger partial charge in [-0.2, -0.15) is 13.9 Å². The van der Waals surface area contributed by atoms with Gasteiger partial charge in [0.15, 0.2) is 0 Å². The second kappa shape index (κ2) is 7.51. The summed E-state index contributed by atoms with van der Waals surface area (Å²) in [6, 6.07) is 14.6. The number of likely N-dealkylation sites (tertiary alicyclic amines) is 1. The number of ether oxygens (including phenoxy) is 2. The number of fused-ring (bicyclic) bond motifs is 4. The van der Waals surface area contributed by atoms with E-state index < -0.39 is 12.3 Å². The van der Waals surface area contributed by atoms with Gasteiger partial charge in [0, 0.05) is 50.4 Å². The van der Waals surface area contributed by atoms with E-state index in [1.54, 1.807) is 19.1 Å². The first-order chi connectivity index (χ1) is 14.9. The van der Waals surface area contributed by atoms with Crippen molar-refractivity contribution in [2.24, 2.45) is 5.10 Å². The lowest BCUT2D eigenvalue weighted by atomic mass is 9.90. The van der Waals surface area contributed by atoms with Gasteiger partial charge in [0.2, 0.25) is 11.6 Å². The largest absolute Gasteiger partial charge is 0.466 e. The van der Waals surface area contributed by atoms with Gasteiger partial charge in [-0.05, 0) is 18.2 Å². The Labute approximate surface area is 179 Å². The van der Waals surface area contributed by atoms with Crippen molar-refractivity contribution in [2.45, 2.75) is 44.6 Å². The number of hydrazone groups is 1. The number of carbonyl (C=O) groups is 1. The van der Waals surface area contributed by atoms with E-state index in [0.29, 0.717) is 32.4 Å². The zero-order valence-corrected chi connectivity index (χ0v) is 17.1. The highest BCUT2D eigenvalue weighted by atomic mass is 19.3. The van der Waals surface area contributed by atoms with Gasteiger partial charge < -0.3 is 14.4 Å². The van der Waals surface area contributed by atoms with Crippen LogP contribution in [0.1, 0.15) is 43.4 Å². The van der Waals surface area contributed by atoms with Crippen LogP contribution in [0.4, 0.5) is 8.78 Å². The molecule has 31 heavy (non-hydrogen) atoms. The fraction of sp³-hybridized carbons (Fsp3) is 0.391. The van der Waals surface area contributed by atoms with Gasteiger partial charge in [-0.1, -0.05) is 30.3 Å². The lowest BCUT2D eigenvalue weighted by molar-refractivity contribution is -0.158. The van der Waals surface area contributed by atoms with Crippen molar-refractivity contribution in [1.82, 2.24) is 9.91 Å². The molecule has 0 saturated carbocycles. The van der Waals surface area contributed by atoms with E-state index in [4.69, 9.17) is 9.84 Å². The molecular formula is C23H23F2N3O3. The van der Waals surface area contributed by atoms with Gasteiger partial charge in [-0.15, -0.1) is 0 Å². The van der Waals surface area contributed by atoms with Crippen molar-refractivity contribution in [2.75, 3.05) is 13.1 Å². The van der Waals surface area contributed by atoms with Gasteiger partial charge in [-0.25, -0.2) is 5.01 Å². The monoisotopic (exact) mass is 427 g/mol. The minimum Gasteiger partial charge on any atom is -0.466 e. The molecular weight excluding hydrogens is 404 g/mol. The number of amides is 1. The smallest absolute Gasteiger partial charge is 0.387 e. The van der Waals surface area contributed by atoms with Crippen LogP contribution in [-0.2, 0) is 4.79 Å². The first kappa shape index (κ1) is 19.8. The Kier molecular flexibility index (Phi) is 4.79. The molecule has 162 valence electrons. The topological polar surface area (TPSA) is 54.4 Å². The van der Waals surface area contributed by atoms with Crippen molar-refractivity contribution in [3.05, 3.63) is 59.7 Å². The van der Waals surface area contributed by atoms with Gasteiger partial charge in [-0.3, -0.25) is 4.79 Å². The number of piperidine rings is 1. The zero-order valence-electron chi connectivity index (χ0n) is 17.1. The molecule has 0 radical (unpaired) electrons. The summed E-state index contributed by atoms with van der Waals surface area (Å²) in [7, 11) is 0. The third kappa shape index (κ3) is 3.49. The Balaban J connectivity index is 1.50. The van der Waals surface area contributed by atoms with Crippen LogP contribution in [0.5, 0.6) is 11.5 Å². The predicted octanol–water partition coefficient (Wildman–Crippen LogP) is 4.17. The van der Waals surface area contributed by atoms with Crippen LogP contribution < -0.4 is 9.47 Å². The zero-order chi connectivity index (χ0) is 21.6. The molecule has 0 unspecified atom stereocenters. The molecule has 6 nitrogen and oxygen atoms in total. The van der Waals surface area contributed by atoms with Crippen molar-refractivity contribution >= 4 is 11.6 Å².